The van der Waals surface area contributed by atoms with Gasteiger partial charge in [-0.25, -0.2) is 0 Å². The molecule has 18 heavy (non-hydrogen) atoms. The number of benzene rings is 2. The molecule has 0 aliphatic carbocycles. The van der Waals surface area contributed by atoms with E-state index < -0.39 is 0 Å². The number of hydrogen-bond donors (Lipinski definition) is 3. The van der Waals surface area contributed by atoms with Gasteiger partial charge in [0.25, 0.3) is 0 Å². The average molecular weight is 245 g/mol. The third kappa shape index (κ3) is 2.66. The number of hydrogen-bond acceptors (Lipinski definition) is 4. The zero-order chi connectivity index (χ0) is 13.0. The standard InChI is InChI=1S/C14H15NO3/c1-18-11-7-5-10(6-8-11)15-9-12-13(16)3-2-4-14(12)17/h2-8,15-17H,9H2,1H3. The second-order valence-corrected chi connectivity index (χ2v) is 3.86. The lowest BCUT2D eigenvalue weighted by Gasteiger charge is -2.10. The first-order chi connectivity index (χ1) is 8.70. The van der Waals surface area contributed by atoms with Crippen LogP contribution in [-0.4, -0.2) is 17.3 Å². The van der Waals surface area contributed by atoms with Gasteiger partial charge in [0.1, 0.15) is 17.2 Å². The van der Waals surface area contributed by atoms with E-state index in [0.29, 0.717) is 12.1 Å². The van der Waals surface area contributed by atoms with Crippen LogP contribution in [-0.2, 0) is 6.54 Å². The molecule has 0 saturated heterocycles. The molecule has 0 aliphatic heterocycles. The largest absolute Gasteiger partial charge is 0.507 e. The Kier molecular flexibility index (Phi) is 3.57. The lowest BCUT2D eigenvalue weighted by Crippen LogP contribution is -2.00. The Morgan fingerprint density at radius 1 is 1.00 bits per heavy atom. The summed E-state index contributed by atoms with van der Waals surface area (Å²) < 4.78 is 5.06. The van der Waals surface area contributed by atoms with E-state index >= 15 is 0 Å². The first-order valence-electron chi connectivity index (χ1n) is 5.58. The lowest BCUT2D eigenvalue weighted by molar-refractivity contribution is 0.415. The molecule has 0 aromatic heterocycles. The average Bonchev–Trinajstić information content (AvgIpc) is 2.39. The molecule has 3 N–H and O–H groups in total. The van der Waals surface area contributed by atoms with Gasteiger partial charge in [0, 0.05) is 12.2 Å². The number of phenolic OH excluding ortho intramolecular Hbond substituents is 2. The van der Waals surface area contributed by atoms with Crippen molar-refractivity contribution in [1.82, 2.24) is 0 Å². The minimum Gasteiger partial charge on any atom is -0.507 e. The molecule has 0 amide bonds. The fourth-order valence-corrected chi connectivity index (χ4v) is 1.64. The smallest absolute Gasteiger partial charge is 0.124 e. The quantitative estimate of drug-likeness (QED) is 0.775. The summed E-state index contributed by atoms with van der Waals surface area (Å²) in [6.07, 6.45) is 0. The van der Waals surface area contributed by atoms with Crippen LogP contribution in [0.25, 0.3) is 0 Å². The highest BCUT2D eigenvalue weighted by atomic mass is 16.5. The van der Waals surface area contributed by atoms with Crippen molar-refractivity contribution < 1.29 is 14.9 Å². The number of anilines is 1. The zero-order valence-electron chi connectivity index (χ0n) is 10.1. The molecule has 0 bridgehead atoms. The molecule has 0 fully saturated rings. The summed E-state index contributed by atoms with van der Waals surface area (Å²) in [5, 5.41) is 22.4. The van der Waals surface area contributed by atoms with Crippen molar-refractivity contribution in [2.45, 2.75) is 6.54 Å². The number of phenols is 2. The van der Waals surface area contributed by atoms with Gasteiger partial charge in [0.15, 0.2) is 0 Å². The molecule has 0 aliphatic rings. The lowest BCUT2D eigenvalue weighted by atomic mass is 10.1. The topological polar surface area (TPSA) is 61.7 Å². The van der Waals surface area contributed by atoms with Gasteiger partial charge in [-0.2, -0.15) is 0 Å². The molecule has 0 atom stereocenters. The minimum atomic E-state index is 0.0796. The van der Waals surface area contributed by atoms with Crippen LogP contribution in [0.1, 0.15) is 5.56 Å². The summed E-state index contributed by atoms with van der Waals surface area (Å²) in [5.41, 5.74) is 1.37. The second kappa shape index (κ2) is 5.31. The monoisotopic (exact) mass is 245 g/mol. The highest BCUT2D eigenvalue weighted by Gasteiger charge is 2.06. The van der Waals surface area contributed by atoms with E-state index in [9.17, 15) is 10.2 Å². The van der Waals surface area contributed by atoms with Gasteiger partial charge >= 0.3 is 0 Å². The van der Waals surface area contributed by atoms with Crippen LogP contribution in [0.3, 0.4) is 0 Å². The summed E-state index contributed by atoms with van der Waals surface area (Å²) >= 11 is 0. The molecule has 94 valence electrons. The fourth-order valence-electron chi connectivity index (χ4n) is 1.64. The van der Waals surface area contributed by atoms with Crippen LogP contribution in [0, 0.1) is 0 Å². The van der Waals surface area contributed by atoms with E-state index in [4.69, 9.17) is 4.74 Å². The summed E-state index contributed by atoms with van der Waals surface area (Å²) in [4.78, 5) is 0. The van der Waals surface area contributed by atoms with Crippen LogP contribution < -0.4 is 10.1 Å². The minimum absolute atomic E-state index is 0.0796. The van der Waals surface area contributed by atoms with E-state index in [-0.39, 0.29) is 11.5 Å². The Balaban J connectivity index is 2.06. The van der Waals surface area contributed by atoms with Crippen LogP contribution in [0.15, 0.2) is 42.5 Å². The van der Waals surface area contributed by atoms with Crippen molar-refractivity contribution in [2.75, 3.05) is 12.4 Å². The molecular formula is C14H15NO3. The molecule has 2 rings (SSSR count). The third-order valence-electron chi connectivity index (χ3n) is 2.69. The Morgan fingerprint density at radius 3 is 2.17 bits per heavy atom. The Morgan fingerprint density at radius 2 is 1.61 bits per heavy atom. The first-order valence-corrected chi connectivity index (χ1v) is 5.58. The van der Waals surface area contributed by atoms with Gasteiger partial charge in [-0.1, -0.05) is 6.07 Å². The summed E-state index contributed by atoms with van der Waals surface area (Å²) in [6.45, 7) is 0.352. The maximum atomic E-state index is 9.63. The Bertz CT molecular complexity index is 503. The molecule has 2 aromatic carbocycles. The highest BCUT2D eigenvalue weighted by Crippen LogP contribution is 2.27. The number of nitrogens with one attached hydrogen (secondary N) is 1. The number of methoxy groups -OCH3 is 1. The number of ether oxygens (including phenoxy) is 1. The van der Waals surface area contributed by atoms with Gasteiger partial charge < -0.3 is 20.3 Å². The van der Waals surface area contributed by atoms with E-state index in [1.165, 1.54) is 0 Å². The molecule has 0 heterocycles. The first kappa shape index (κ1) is 12.1. The molecule has 0 spiro atoms. The fraction of sp³-hybridized carbons (Fsp3) is 0.143. The molecule has 4 heteroatoms. The summed E-state index contributed by atoms with van der Waals surface area (Å²) in [6, 6.07) is 12.1. The predicted molar refractivity (Wildman–Crippen MR) is 70.1 cm³/mol. The Hall–Kier alpha value is -2.36. The van der Waals surface area contributed by atoms with Gasteiger partial charge in [0.2, 0.25) is 0 Å². The maximum Gasteiger partial charge on any atom is 0.124 e. The van der Waals surface area contributed by atoms with Crippen molar-refractivity contribution >= 4 is 5.69 Å². The van der Waals surface area contributed by atoms with Crippen LogP contribution >= 0.6 is 0 Å². The van der Waals surface area contributed by atoms with Crippen molar-refractivity contribution in [3.05, 3.63) is 48.0 Å². The van der Waals surface area contributed by atoms with Gasteiger partial charge in [-0.15, -0.1) is 0 Å². The van der Waals surface area contributed by atoms with E-state index in [1.54, 1.807) is 25.3 Å². The van der Waals surface area contributed by atoms with Crippen molar-refractivity contribution in [2.24, 2.45) is 0 Å². The maximum absolute atomic E-state index is 9.63. The normalized spacial score (nSPS) is 10.1. The second-order valence-electron chi connectivity index (χ2n) is 3.86. The van der Waals surface area contributed by atoms with Crippen molar-refractivity contribution in [3.63, 3.8) is 0 Å². The van der Waals surface area contributed by atoms with Gasteiger partial charge in [-0.3, -0.25) is 0 Å². The summed E-state index contributed by atoms with van der Waals surface area (Å²) in [5.74, 6) is 0.943. The van der Waals surface area contributed by atoms with Crippen LogP contribution in [0.2, 0.25) is 0 Å². The van der Waals surface area contributed by atoms with Crippen LogP contribution in [0.5, 0.6) is 17.2 Å². The van der Waals surface area contributed by atoms with E-state index in [0.717, 1.165) is 11.4 Å². The van der Waals surface area contributed by atoms with Crippen LogP contribution in [0.4, 0.5) is 5.69 Å². The van der Waals surface area contributed by atoms with Crippen molar-refractivity contribution in [3.8, 4) is 17.2 Å². The molecule has 0 unspecified atom stereocenters. The molecule has 2 aromatic rings. The van der Waals surface area contributed by atoms with Gasteiger partial charge in [0.05, 0.1) is 12.7 Å². The molecule has 0 saturated carbocycles. The zero-order valence-corrected chi connectivity index (χ0v) is 10.1. The summed E-state index contributed by atoms with van der Waals surface area (Å²) in [7, 11) is 1.61. The molecule has 0 radical (unpaired) electrons. The number of rotatable bonds is 4. The van der Waals surface area contributed by atoms with Crippen molar-refractivity contribution in [1.29, 1.82) is 0 Å². The number of aromatic hydroxyl groups is 2. The molecule has 4 nitrogen and oxygen atoms in total. The predicted octanol–water partition coefficient (Wildman–Crippen LogP) is 2.72. The highest BCUT2D eigenvalue weighted by molar-refractivity contribution is 5.50. The molecular weight excluding hydrogens is 230 g/mol. The SMILES string of the molecule is COc1ccc(NCc2c(O)cccc2O)cc1. The van der Waals surface area contributed by atoms with Gasteiger partial charge in [-0.05, 0) is 36.4 Å². The Labute approximate surface area is 105 Å². The van der Waals surface area contributed by atoms with E-state index in [2.05, 4.69) is 5.32 Å². The third-order valence-corrected chi connectivity index (χ3v) is 2.69. The van der Waals surface area contributed by atoms with E-state index in [1.807, 2.05) is 24.3 Å².